The van der Waals surface area contributed by atoms with Crippen LogP contribution in [-0.2, 0) is 18.3 Å². The van der Waals surface area contributed by atoms with E-state index in [9.17, 15) is 9.90 Å². The molecule has 0 aliphatic heterocycles. The van der Waals surface area contributed by atoms with Crippen LogP contribution in [0.4, 0.5) is 0 Å². The number of carbonyl (C=O) groups is 1. The fourth-order valence-electron chi connectivity index (χ4n) is 1.84. The number of nitrogens with one attached hydrogen (secondary N) is 1. The Bertz CT molecular complexity index is 413. The molecule has 0 spiro atoms. The molecule has 19 heavy (non-hydrogen) atoms. The first kappa shape index (κ1) is 15.7. The highest BCUT2D eigenvalue weighted by Gasteiger charge is 2.27. The molecule has 2 unspecified atom stereocenters. The molecule has 0 aliphatic rings. The number of carbonyl (C=O) groups excluding carboxylic acids is 1. The number of aliphatic hydroxyl groups is 1. The smallest absolute Gasteiger partial charge is 0.220 e. The van der Waals surface area contributed by atoms with Gasteiger partial charge in [0, 0.05) is 26.2 Å². The molecule has 1 rings (SSSR count). The molecule has 1 heterocycles. The molecular weight excluding hydrogens is 242 g/mol. The molecule has 0 radical (unpaired) electrons. The predicted molar refractivity (Wildman–Crippen MR) is 74.6 cm³/mol. The minimum absolute atomic E-state index is 0.0348. The van der Waals surface area contributed by atoms with Crippen LogP contribution in [0.1, 0.15) is 39.2 Å². The summed E-state index contributed by atoms with van der Waals surface area (Å²) in [6.45, 7) is 6.08. The summed E-state index contributed by atoms with van der Waals surface area (Å²) in [4.78, 5) is 11.7. The van der Waals surface area contributed by atoms with Crippen molar-refractivity contribution in [2.75, 3.05) is 6.54 Å². The van der Waals surface area contributed by atoms with Gasteiger partial charge in [0.15, 0.2) is 0 Å². The lowest BCUT2D eigenvalue weighted by Crippen LogP contribution is -2.45. The lowest BCUT2D eigenvalue weighted by atomic mass is 9.88. The maximum Gasteiger partial charge on any atom is 0.220 e. The topological polar surface area (TPSA) is 67.2 Å². The highest BCUT2D eigenvalue weighted by molar-refractivity contribution is 5.76. The molecule has 0 bridgehead atoms. The largest absolute Gasteiger partial charge is 0.388 e. The van der Waals surface area contributed by atoms with E-state index in [0.29, 0.717) is 19.4 Å². The van der Waals surface area contributed by atoms with E-state index in [4.69, 9.17) is 0 Å². The molecule has 1 aromatic heterocycles. The van der Waals surface area contributed by atoms with Gasteiger partial charge in [0.05, 0.1) is 11.8 Å². The number of nitrogens with zero attached hydrogens (tertiary/aromatic N) is 2. The van der Waals surface area contributed by atoms with Crippen molar-refractivity contribution in [1.29, 1.82) is 0 Å². The minimum Gasteiger partial charge on any atom is -0.388 e. The van der Waals surface area contributed by atoms with Gasteiger partial charge in [0.2, 0.25) is 5.91 Å². The van der Waals surface area contributed by atoms with Crippen LogP contribution in [0.15, 0.2) is 12.4 Å². The maximum atomic E-state index is 11.7. The third-order valence-corrected chi connectivity index (χ3v) is 3.72. The van der Waals surface area contributed by atoms with Crippen molar-refractivity contribution < 1.29 is 9.90 Å². The van der Waals surface area contributed by atoms with Crippen molar-refractivity contribution in [2.24, 2.45) is 13.0 Å². The van der Waals surface area contributed by atoms with Crippen molar-refractivity contribution in [1.82, 2.24) is 15.1 Å². The Morgan fingerprint density at radius 3 is 2.84 bits per heavy atom. The first-order valence-electron chi connectivity index (χ1n) is 6.81. The van der Waals surface area contributed by atoms with Gasteiger partial charge in [0.25, 0.3) is 0 Å². The van der Waals surface area contributed by atoms with Crippen molar-refractivity contribution in [3.8, 4) is 0 Å². The highest BCUT2D eigenvalue weighted by atomic mass is 16.3. The summed E-state index contributed by atoms with van der Waals surface area (Å²) in [5, 5.41) is 17.1. The molecule has 0 fully saturated rings. The molecule has 0 aromatic carbocycles. The van der Waals surface area contributed by atoms with E-state index in [1.807, 2.05) is 27.1 Å². The van der Waals surface area contributed by atoms with E-state index in [-0.39, 0.29) is 11.8 Å². The molecule has 0 saturated carbocycles. The fraction of sp³-hybridized carbons (Fsp3) is 0.714. The second-order valence-corrected chi connectivity index (χ2v) is 5.47. The molecule has 0 saturated heterocycles. The zero-order valence-electron chi connectivity index (χ0n) is 12.3. The Morgan fingerprint density at radius 1 is 1.63 bits per heavy atom. The van der Waals surface area contributed by atoms with E-state index in [1.54, 1.807) is 17.8 Å². The molecule has 2 atom stereocenters. The first-order chi connectivity index (χ1) is 8.85. The molecule has 5 nitrogen and oxygen atoms in total. The SMILES string of the molecule is CCC(C)C(C)(O)CNC(=O)CCc1cnn(C)c1. The molecule has 1 aromatic rings. The third-order valence-electron chi connectivity index (χ3n) is 3.72. The van der Waals surface area contributed by atoms with E-state index < -0.39 is 5.60 Å². The summed E-state index contributed by atoms with van der Waals surface area (Å²) in [5.41, 5.74) is 0.199. The van der Waals surface area contributed by atoms with Crippen LogP contribution in [0.2, 0.25) is 0 Å². The molecule has 108 valence electrons. The Balaban J connectivity index is 2.32. The van der Waals surface area contributed by atoms with Crippen LogP contribution in [0.3, 0.4) is 0 Å². The maximum absolute atomic E-state index is 11.7. The second kappa shape index (κ2) is 6.70. The summed E-state index contributed by atoms with van der Waals surface area (Å²) < 4.78 is 1.72. The van der Waals surface area contributed by atoms with Crippen LogP contribution in [0, 0.1) is 5.92 Å². The standard InChI is InChI=1S/C14H25N3O2/c1-5-11(2)14(3,19)10-15-13(18)7-6-12-8-16-17(4)9-12/h8-9,11,19H,5-7,10H2,1-4H3,(H,15,18). The lowest BCUT2D eigenvalue weighted by Gasteiger charge is -2.29. The van der Waals surface area contributed by atoms with Crippen molar-refractivity contribution in [2.45, 2.75) is 45.6 Å². The summed E-state index contributed by atoms with van der Waals surface area (Å²) in [6, 6.07) is 0. The van der Waals surface area contributed by atoms with Crippen molar-refractivity contribution in [3.05, 3.63) is 18.0 Å². The number of rotatable bonds is 7. The van der Waals surface area contributed by atoms with Crippen LogP contribution >= 0.6 is 0 Å². The van der Waals surface area contributed by atoms with Gasteiger partial charge in [-0.25, -0.2) is 0 Å². The van der Waals surface area contributed by atoms with Gasteiger partial charge < -0.3 is 10.4 Å². The number of hydrogen-bond acceptors (Lipinski definition) is 3. The molecular formula is C14H25N3O2. The van der Waals surface area contributed by atoms with Gasteiger partial charge >= 0.3 is 0 Å². The summed E-state index contributed by atoms with van der Waals surface area (Å²) in [5.74, 6) is 0.124. The van der Waals surface area contributed by atoms with Crippen molar-refractivity contribution >= 4 is 5.91 Å². The van der Waals surface area contributed by atoms with E-state index >= 15 is 0 Å². The number of aromatic nitrogens is 2. The van der Waals surface area contributed by atoms with E-state index in [0.717, 1.165) is 12.0 Å². The quantitative estimate of drug-likeness (QED) is 0.781. The summed E-state index contributed by atoms with van der Waals surface area (Å²) >= 11 is 0. The van der Waals surface area contributed by atoms with Gasteiger partial charge in [-0.15, -0.1) is 0 Å². The van der Waals surface area contributed by atoms with Gasteiger partial charge in [-0.05, 0) is 24.8 Å². The van der Waals surface area contributed by atoms with Crippen LogP contribution in [0.5, 0.6) is 0 Å². The average Bonchev–Trinajstić information content (AvgIpc) is 2.78. The van der Waals surface area contributed by atoms with Crippen LogP contribution in [0.25, 0.3) is 0 Å². The average molecular weight is 267 g/mol. The number of amides is 1. The zero-order chi connectivity index (χ0) is 14.5. The van der Waals surface area contributed by atoms with Crippen LogP contribution < -0.4 is 5.32 Å². The zero-order valence-corrected chi connectivity index (χ0v) is 12.3. The Hall–Kier alpha value is -1.36. The number of hydrogen-bond donors (Lipinski definition) is 2. The molecule has 1 amide bonds. The van der Waals surface area contributed by atoms with Crippen LogP contribution in [-0.4, -0.2) is 32.9 Å². The molecule has 5 heteroatoms. The minimum atomic E-state index is -0.848. The third kappa shape index (κ3) is 5.03. The van der Waals surface area contributed by atoms with Gasteiger partial charge in [0.1, 0.15) is 0 Å². The highest BCUT2D eigenvalue weighted by Crippen LogP contribution is 2.18. The Kier molecular flexibility index (Phi) is 5.54. The van der Waals surface area contributed by atoms with Gasteiger partial charge in [-0.3, -0.25) is 9.48 Å². The molecule has 0 aliphatic carbocycles. The van der Waals surface area contributed by atoms with Gasteiger partial charge in [-0.1, -0.05) is 20.3 Å². The van der Waals surface area contributed by atoms with Gasteiger partial charge in [-0.2, -0.15) is 5.10 Å². The predicted octanol–water partition coefficient (Wildman–Crippen LogP) is 1.27. The second-order valence-electron chi connectivity index (χ2n) is 5.47. The lowest BCUT2D eigenvalue weighted by molar-refractivity contribution is -0.122. The monoisotopic (exact) mass is 267 g/mol. The fourth-order valence-corrected chi connectivity index (χ4v) is 1.84. The van der Waals surface area contributed by atoms with E-state index in [1.165, 1.54) is 0 Å². The number of aryl methyl sites for hydroxylation is 2. The Labute approximate surface area is 115 Å². The normalized spacial score (nSPS) is 15.8. The first-order valence-corrected chi connectivity index (χ1v) is 6.81. The van der Waals surface area contributed by atoms with E-state index in [2.05, 4.69) is 10.4 Å². The summed E-state index contributed by atoms with van der Waals surface area (Å²) in [6.07, 6.45) is 5.65. The van der Waals surface area contributed by atoms with Crippen molar-refractivity contribution in [3.63, 3.8) is 0 Å². The summed E-state index contributed by atoms with van der Waals surface area (Å²) in [7, 11) is 1.85. The molecule has 2 N–H and O–H groups in total. The Morgan fingerprint density at radius 2 is 2.32 bits per heavy atom.